The van der Waals surface area contributed by atoms with Crippen molar-refractivity contribution in [2.45, 2.75) is 46.0 Å². The van der Waals surface area contributed by atoms with Crippen LogP contribution >= 0.6 is 0 Å². The van der Waals surface area contributed by atoms with Crippen molar-refractivity contribution < 1.29 is 9.90 Å². The van der Waals surface area contributed by atoms with Crippen LogP contribution in [0.4, 0.5) is 0 Å². The molecule has 1 amide bonds. The Morgan fingerprint density at radius 2 is 2.00 bits per heavy atom. The molecular formula is C12H23NO2. The van der Waals surface area contributed by atoms with E-state index in [-0.39, 0.29) is 17.9 Å². The van der Waals surface area contributed by atoms with Crippen molar-refractivity contribution in [2.75, 3.05) is 13.2 Å². The summed E-state index contributed by atoms with van der Waals surface area (Å²) in [5, 5.41) is 11.9. The maximum atomic E-state index is 11.6. The molecule has 1 aliphatic rings. The van der Waals surface area contributed by atoms with Crippen molar-refractivity contribution in [3.05, 3.63) is 0 Å². The summed E-state index contributed by atoms with van der Waals surface area (Å²) in [7, 11) is 0. The van der Waals surface area contributed by atoms with Crippen LogP contribution < -0.4 is 5.32 Å². The van der Waals surface area contributed by atoms with Gasteiger partial charge in [0, 0.05) is 25.0 Å². The highest BCUT2D eigenvalue weighted by molar-refractivity contribution is 5.76. The number of aliphatic hydroxyl groups excluding tert-OH is 1. The van der Waals surface area contributed by atoms with E-state index in [1.54, 1.807) is 0 Å². The predicted octanol–water partition coefficient (Wildman–Crippen LogP) is 1.70. The van der Waals surface area contributed by atoms with E-state index >= 15 is 0 Å². The molecule has 0 atom stereocenters. The van der Waals surface area contributed by atoms with E-state index in [9.17, 15) is 4.79 Å². The first-order valence-corrected chi connectivity index (χ1v) is 5.91. The highest BCUT2D eigenvalue weighted by Crippen LogP contribution is 2.27. The summed E-state index contributed by atoms with van der Waals surface area (Å²) in [6.07, 6.45) is 5.63. The molecule has 0 bridgehead atoms. The van der Waals surface area contributed by atoms with Crippen LogP contribution in [-0.2, 0) is 4.79 Å². The van der Waals surface area contributed by atoms with Gasteiger partial charge in [0.1, 0.15) is 0 Å². The number of carbonyl (C=O) groups excluding carboxylic acids is 1. The molecule has 88 valence electrons. The number of nitrogens with one attached hydrogen (secondary N) is 1. The van der Waals surface area contributed by atoms with Gasteiger partial charge < -0.3 is 10.4 Å². The SMILES string of the molecule is CC(C)(CO)CNC(=O)CC1CCCC1. The van der Waals surface area contributed by atoms with Crippen LogP contribution in [0.2, 0.25) is 0 Å². The maximum Gasteiger partial charge on any atom is 0.220 e. The van der Waals surface area contributed by atoms with Crippen LogP contribution in [0.1, 0.15) is 46.0 Å². The number of carbonyl (C=O) groups is 1. The lowest BCUT2D eigenvalue weighted by Crippen LogP contribution is -2.36. The summed E-state index contributed by atoms with van der Waals surface area (Å²) in [6.45, 7) is 4.57. The fraction of sp³-hybridized carbons (Fsp3) is 0.917. The monoisotopic (exact) mass is 213 g/mol. The smallest absolute Gasteiger partial charge is 0.220 e. The number of aliphatic hydroxyl groups is 1. The Kier molecular flexibility index (Phi) is 4.58. The first-order chi connectivity index (χ1) is 7.03. The van der Waals surface area contributed by atoms with E-state index < -0.39 is 0 Å². The highest BCUT2D eigenvalue weighted by Gasteiger charge is 2.21. The van der Waals surface area contributed by atoms with Gasteiger partial charge in [0.25, 0.3) is 0 Å². The van der Waals surface area contributed by atoms with E-state index in [0.29, 0.717) is 18.9 Å². The molecule has 1 saturated carbocycles. The van der Waals surface area contributed by atoms with Crippen molar-refractivity contribution in [1.29, 1.82) is 0 Å². The molecule has 3 heteroatoms. The summed E-state index contributed by atoms with van der Waals surface area (Å²) in [6, 6.07) is 0. The summed E-state index contributed by atoms with van der Waals surface area (Å²) >= 11 is 0. The number of amides is 1. The average molecular weight is 213 g/mol. The summed E-state index contributed by atoms with van der Waals surface area (Å²) < 4.78 is 0. The minimum absolute atomic E-state index is 0.108. The molecule has 0 aromatic rings. The van der Waals surface area contributed by atoms with Crippen molar-refractivity contribution in [3.63, 3.8) is 0 Å². The zero-order valence-electron chi connectivity index (χ0n) is 9.88. The van der Waals surface area contributed by atoms with Gasteiger partial charge in [-0.1, -0.05) is 26.7 Å². The fourth-order valence-corrected chi connectivity index (χ4v) is 1.94. The molecule has 0 saturated heterocycles. The van der Waals surface area contributed by atoms with Gasteiger partial charge in [0.05, 0.1) is 0 Å². The predicted molar refractivity (Wildman–Crippen MR) is 60.5 cm³/mol. The van der Waals surface area contributed by atoms with Gasteiger partial charge in [0.2, 0.25) is 5.91 Å². The fourth-order valence-electron chi connectivity index (χ4n) is 1.94. The molecule has 0 unspecified atom stereocenters. The topological polar surface area (TPSA) is 49.3 Å². The molecular weight excluding hydrogens is 190 g/mol. The van der Waals surface area contributed by atoms with Crippen molar-refractivity contribution in [3.8, 4) is 0 Å². The largest absolute Gasteiger partial charge is 0.396 e. The normalized spacial score (nSPS) is 18.1. The molecule has 0 aliphatic heterocycles. The van der Waals surface area contributed by atoms with E-state index in [1.165, 1.54) is 25.7 Å². The van der Waals surface area contributed by atoms with Gasteiger partial charge in [-0.05, 0) is 18.8 Å². The third-order valence-electron chi connectivity index (χ3n) is 3.14. The Hall–Kier alpha value is -0.570. The summed E-state index contributed by atoms with van der Waals surface area (Å²) in [5.74, 6) is 0.741. The van der Waals surface area contributed by atoms with Crippen LogP contribution in [0, 0.1) is 11.3 Å². The van der Waals surface area contributed by atoms with Crippen LogP contribution in [0.15, 0.2) is 0 Å². The van der Waals surface area contributed by atoms with Gasteiger partial charge in [-0.15, -0.1) is 0 Å². The lowest BCUT2D eigenvalue weighted by molar-refractivity contribution is -0.122. The van der Waals surface area contributed by atoms with Crippen LogP contribution in [-0.4, -0.2) is 24.2 Å². The van der Waals surface area contributed by atoms with E-state index in [0.717, 1.165) is 0 Å². The Morgan fingerprint density at radius 1 is 1.40 bits per heavy atom. The van der Waals surface area contributed by atoms with Gasteiger partial charge in [-0.2, -0.15) is 0 Å². The molecule has 0 aromatic carbocycles. The maximum absolute atomic E-state index is 11.6. The molecule has 0 heterocycles. The van der Waals surface area contributed by atoms with Crippen molar-refractivity contribution >= 4 is 5.91 Å². The second kappa shape index (κ2) is 5.50. The molecule has 1 aliphatic carbocycles. The molecule has 15 heavy (non-hydrogen) atoms. The zero-order valence-corrected chi connectivity index (χ0v) is 9.88. The number of hydrogen-bond acceptors (Lipinski definition) is 2. The molecule has 1 rings (SSSR count). The molecule has 3 nitrogen and oxygen atoms in total. The van der Waals surface area contributed by atoms with Gasteiger partial charge in [0.15, 0.2) is 0 Å². The lowest BCUT2D eigenvalue weighted by Gasteiger charge is -2.22. The lowest BCUT2D eigenvalue weighted by atomic mass is 9.94. The van der Waals surface area contributed by atoms with Gasteiger partial charge in [-0.25, -0.2) is 0 Å². The van der Waals surface area contributed by atoms with Crippen LogP contribution in [0.3, 0.4) is 0 Å². The Labute approximate surface area is 92.3 Å². The molecule has 1 fully saturated rings. The zero-order chi connectivity index (χ0) is 11.3. The summed E-state index contributed by atoms with van der Waals surface area (Å²) in [5.41, 5.74) is -0.203. The summed E-state index contributed by atoms with van der Waals surface area (Å²) in [4.78, 5) is 11.6. The van der Waals surface area contributed by atoms with Crippen LogP contribution in [0.5, 0.6) is 0 Å². The molecule has 2 N–H and O–H groups in total. The Balaban J connectivity index is 2.18. The second-order valence-electron chi connectivity index (χ2n) is 5.45. The van der Waals surface area contributed by atoms with Gasteiger partial charge >= 0.3 is 0 Å². The van der Waals surface area contributed by atoms with E-state index in [1.807, 2.05) is 13.8 Å². The van der Waals surface area contributed by atoms with Gasteiger partial charge in [-0.3, -0.25) is 4.79 Å². The Bertz CT molecular complexity index is 208. The molecule has 0 aromatic heterocycles. The van der Waals surface area contributed by atoms with E-state index in [2.05, 4.69) is 5.32 Å². The third-order valence-corrected chi connectivity index (χ3v) is 3.14. The average Bonchev–Trinajstić information content (AvgIpc) is 2.68. The quantitative estimate of drug-likeness (QED) is 0.730. The molecule has 0 spiro atoms. The van der Waals surface area contributed by atoms with Crippen LogP contribution in [0.25, 0.3) is 0 Å². The Morgan fingerprint density at radius 3 is 2.53 bits per heavy atom. The number of rotatable bonds is 5. The third kappa shape index (κ3) is 4.65. The standard InChI is InChI=1S/C12H23NO2/c1-12(2,9-14)8-13-11(15)7-10-5-3-4-6-10/h10,14H,3-9H2,1-2H3,(H,13,15). The van der Waals surface area contributed by atoms with Crippen molar-refractivity contribution in [2.24, 2.45) is 11.3 Å². The van der Waals surface area contributed by atoms with E-state index in [4.69, 9.17) is 5.11 Å². The van der Waals surface area contributed by atoms with Crippen molar-refractivity contribution in [1.82, 2.24) is 5.32 Å². The number of hydrogen-bond donors (Lipinski definition) is 2. The highest BCUT2D eigenvalue weighted by atomic mass is 16.3. The first kappa shape index (κ1) is 12.5. The minimum atomic E-state index is -0.203. The molecule has 0 radical (unpaired) electrons. The second-order valence-corrected chi connectivity index (χ2v) is 5.45. The minimum Gasteiger partial charge on any atom is -0.396 e. The first-order valence-electron chi connectivity index (χ1n) is 5.91.